The van der Waals surface area contributed by atoms with Gasteiger partial charge in [0.1, 0.15) is 18.0 Å². The number of nitrogens with zero attached hydrogens (tertiary/aromatic N) is 2. The van der Waals surface area contributed by atoms with Crippen LogP contribution in [0.25, 0.3) is 0 Å². The first-order valence-corrected chi connectivity index (χ1v) is 4.80. The second-order valence-corrected chi connectivity index (χ2v) is 3.53. The molecule has 0 bridgehead atoms. The maximum atomic E-state index is 11.5. The number of hydrogen-bond donors (Lipinski definition) is 2. The number of methoxy groups -OCH3 is 1. The van der Waals surface area contributed by atoms with Crippen LogP contribution in [0.3, 0.4) is 0 Å². The predicted octanol–water partition coefficient (Wildman–Crippen LogP) is -1.65. The summed E-state index contributed by atoms with van der Waals surface area (Å²) in [7, 11) is 1.45. The molecule has 0 amide bonds. The molecule has 7 nitrogen and oxygen atoms in total. The van der Waals surface area contributed by atoms with Gasteiger partial charge in [-0.15, -0.1) is 0 Å². The molecule has 0 aromatic carbocycles. The number of aliphatic hydroxyl groups is 1. The molecule has 1 aromatic rings. The van der Waals surface area contributed by atoms with Crippen molar-refractivity contribution in [1.29, 1.82) is 0 Å². The first kappa shape index (κ1) is 14.9. The fourth-order valence-corrected chi connectivity index (χ4v) is 1.71. The number of rotatable bonds is 2. The van der Waals surface area contributed by atoms with Crippen LogP contribution in [0.2, 0.25) is 0 Å². The van der Waals surface area contributed by atoms with E-state index in [1.165, 1.54) is 23.9 Å². The topological polar surface area (TPSA) is 99.6 Å². The summed E-state index contributed by atoms with van der Waals surface area (Å²) >= 11 is 0. The summed E-state index contributed by atoms with van der Waals surface area (Å²) < 4.78 is 11.6. The minimum atomic E-state index is -0.751. The molecule has 0 unspecified atom stereocenters. The second-order valence-electron chi connectivity index (χ2n) is 3.53. The first-order chi connectivity index (χ1) is 7.63. The summed E-state index contributed by atoms with van der Waals surface area (Å²) in [5, 5.41) is 9.56. The maximum Gasteiger partial charge on any atom is 0.351 e. The van der Waals surface area contributed by atoms with Gasteiger partial charge in [-0.2, -0.15) is 4.98 Å². The minimum absolute atomic E-state index is 0. The molecule has 2 radical (unpaired) electrons. The van der Waals surface area contributed by atoms with Crippen LogP contribution >= 0.6 is 0 Å². The summed E-state index contributed by atoms with van der Waals surface area (Å²) in [6.45, 7) is 0.125. The third kappa shape index (κ3) is 2.98. The molecule has 17 heavy (non-hydrogen) atoms. The van der Waals surface area contributed by atoms with E-state index in [0.29, 0.717) is 0 Å². The molecule has 1 aliphatic rings. The van der Waals surface area contributed by atoms with Gasteiger partial charge in [0, 0.05) is 51.0 Å². The molecule has 1 aromatic heterocycles. The minimum Gasteiger partial charge on any atom is -0.388 e. The standard InChI is InChI=1S/C9H13N3O4.Ca/c1-15-7-5(13)4-16-8(7)12-3-2-6(10)11-9(12)14;/h2-3,5,7-8,13H,4H2,1H3,(H2,10,11,14);/t5-,7+,8+;/m0./s1. The van der Waals surface area contributed by atoms with E-state index in [9.17, 15) is 9.90 Å². The van der Waals surface area contributed by atoms with Crippen molar-refractivity contribution < 1.29 is 14.6 Å². The van der Waals surface area contributed by atoms with Gasteiger partial charge < -0.3 is 20.3 Å². The van der Waals surface area contributed by atoms with Gasteiger partial charge in [-0.1, -0.05) is 0 Å². The van der Waals surface area contributed by atoms with Gasteiger partial charge in [0.15, 0.2) is 6.23 Å². The van der Waals surface area contributed by atoms with Crippen molar-refractivity contribution in [1.82, 2.24) is 9.55 Å². The predicted molar refractivity (Wildman–Crippen MR) is 60.5 cm³/mol. The van der Waals surface area contributed by atoms with E-state index in [4.69, 9.17) is 15.2 Å². The number of nitrogen functional groups attached to an aromatic ring is 1. The molecule has 1 saturated heterocycles. The zero-order valence-electron chi connectivity index (χ0n) is 9.44. The van der Waals surface area contributed by atoms with Crippen LogP contribution in [0.15, 0.2) is 17.1 Å². The molecule has 0 saturated carbocycles. The molecule has 3 N–H and O–H groups in total. The Hall–Kier alpha value is -0.180. The number of hydrogen-bond acceptors (Lipinski definition) is 6. The van der Waals surface area contributed by atoms with Crippen molar-refractivity contribution >= 4 is 43.6 Å². The van der Waals surface area contributed by atoms with Crippen molar-refractivity contribution in [3.05, 3.63) is 22.7 Å². The van der Waals surface area contributed by atoms with Gasteiger partial charge in [-0.3, -0.25) is 4.57 Å². The summed E-state index contributed by atoms with van der Waals surface area (Å²) in [6.07, 6.45) is -0.525. The zero-order valence-corrected chi connectivity index (χ0v) is 11.7. The molecule has 0 spiro atoms. The van der Waals surface area contributed by atoms with Crippen molar-refractivity contribution in [3.63, 3.8) is 0 Å². The van der Waals surface area contributed by atoms with Gasteiger partial charge in [0.2, 0.25) is 0 Å². The first-order valence-electron chi connectivity index (χ1n) is 4.80. The maximum absolute atomic E-state index is 11.5. The average molecular weight is 267 g/mol. The smallest absolute Gasteiger partial charge is 0.351 e. The average Bonchev–Trinajstić information content (AvgIpc) is 2.59. The molecule has 1 fully saturated rings. The van der Waals surface area contributed by atoms with E-state index in [1.54, 1.807) is 0 Å². The van der Waals surface area contributed by atoms with Crippen molar-refractivity contribution in [2.75, 3.05) is 19.5 Å². The molecular formula is C9H13CaN3O4. The molecule has 2 rings (SSSR count). The number of anilines is 1. The van der Waals surface area contributed by atoms with Gasteiger partial charge in [-0.05, 0) is 6.07 Å². The van der Waals surface area contributed by atoms with E-state index >= 15 is 0 Å². The SMILES string of the molecule is CO[C@H]1[C@H](n2ccc(N)nc2=O)OC[C@@H]1O.[Ca]. The van der Waals surface area contributed by atoms with Crippen LogP contribution in [0.5, 0.6) is 0 Å². The van der Waals surface area contributed by atoms with Gasteiger partial charge >= 0.3 is 5.69 Å². The molecule has 0 aliphatic carbocycles. The zero-order chi connectivity index (χ0) is 11.7. The van der Waals surface area contributed by atoms with Crippen LogP contribution in [-0.2, 0) is 9.47 Å². The third-order valence-electron chi connectivity index (χ3n) is 2.50. The molecule has 90 valence electrons. The van der Waals surface area contributed by atoms with Crippen LogP contribution in [0.1, 0.15) is 6.23 Å². The van der Waals surface area contributed by atoms with Crippen LogP contribution in [0.4, 0.5) is 5.82 Å². The second kappa shape index (κ2) is 6.12. The monoisotopic (exact) mass is 267 g/mol. The summed E-state index contributed by atoms with van der Waals surface area (Å²) in [4.78, 5) is 15.1. The molecule has 3 atom stereocenters. The normalized spacial score (nSPS) is 27.8. The Morgan fingerprint density at radius 2 is 2.41 bits per heavy atom. The van der Waals surface area contributed by atoms with Gasteiger partial charge in [0.25, 0.3) is 0 Å². The number of nitrogens with two attached hydrogens (primary N) is 1. The third-order valence-corrected chi connectivity index (χ3v) is 2.50. The summed E-state index contributed by atoms with van der Waals surface area (Å²) in [6, 6.07) is 1.49. The summed E-state index contributed by atoms with van der Waals surface area (Å²) in [5.41, 5.74) is 4.85. The molecular weight excluding hydrogens is 254 g/mol. The Morgan fingerprint density at radius 1 is 1.71 bits per heavy atom. The van der Waals surface area contributed by atoms with Gasteiger partial charge in [-0.25, -0.2) is 4.79 Å². The molecule has 1 aliphatic heterocycles. The van der Waals surface area contributed by atoms with E-state index < -0.39 is 24.1 Å². The van der Waals surface area contributed by atoms with E-state index in [0.717, 1.165) is 0 Å². The Morgan fingerprint density at radius 3 is 3.00 bits per heavy atom. The Labute approximate surface area is 128 Å². The molecule has 8 heteroatoms. The Bertz CT molecular complexity index is 438. The van der Waals surface area contributed by atoms with Crippen molar-refractivity contribution in [2.24, 2.45) is 0 Å². The van der Waals surface area contributed by atoms with E-state index in [-0.39, 0.29) is 50.2 Å². The Balaban J connectivity index is 0.00000144. The van der Waals surface area contributed by atoms with Crippen molar-refractivity contribution in [2.45, 2.75) is 18.4 Å². The fourth-order valence-electron chi connectivity index (χ4n) is 1.71. The quantitative estimate of drug-likeness (QED) is 0.623. The Kier molecular flexibility index (Phi) is 5.36. The number of aromatic nitrogens is 2. The fraction of sp³-hybridized carbons (Fsp3) is 0.556. The van der Waals surface area contributed by atoms with Crippen LogP contribution in [-0.4, -0.2) is 78.3 Å². The van der Waals surface area contributed by atoms with Crippen LogP contribution in [0, 0.1) is 0 Å². The van der Waals surface area contributed by atoms with Crippen molar-refractivity contribution in [3.8, 4) is 0 Å². The largest absolute Gasteiger partial charge is 0.388 e. The summed E-state index contributed by atoms with van der Waals surface area (Å²) in [5.74, 6) is 0.147. The number of aliphatic hydroxyl groups excluding tert-OH is 1. The number of ether oxygens (including phenoxy) is 2. The molecule has 2 heterocycles. The van der Waals surface area contributed by atoms with Gasteiger partial charge in [0.05, 0.1) is 6.61 Å². The van der Waals surface area contributed by atoms with E-state index in [1.807, 2.05) is 0 Å². The van der Waals surface area contributed by atoms with E-state index in [2.05, 4.69) is 4.98 Å². The van der Waals surface area contributed by atoms with Crippen LogP contribution < -0.4 is 11.4 Å².